The number of halogens is 2. The molecule has 7 heteroatoms. The van der Waals surface area contributed by atoms with Gasteiger partial charge in [0, 0.05) is 10.5 Å². The summed E-state index contributed by atoms with van der Waals surface area (Å²) in [5.41, 5.74) is 0.0168. The zero-order valence-corrected chi connectivity index (χ0v) is 12.2. The predicted molar refractivity (Wildman–Crippen MR) is 77.2 cm³/mol. The largest absolute Gasteiger partial charge is 0.423 e. The summed E-state index contributed by atoms with van der Waals surface area (Å²) in [5.74, 6) is -0.600. The van der Waals surface area contributed by atoms with Crippen molar-refractivity contribution in [2.24, 2.45) is 0 Å². The monoisotopic (exact) mass is 355 g/mol. The molecule has 2 rings (SSSR count). The third-order valence-electron chi connectivity index (χ3n) is 2.39. The van der Waals surface area contributed by atoms with Crippen molar-refractivity contribution in [1.29, 1.82) is 0 Å². The number of carbonyl (C=O) groups is 1. The molecule has 0 radical (unpaired) electrons. The van der Waals surface area contributed by atoms with Crippen LogP contribution in [0.4, 0.5) is 5.69 Å². The van der Waals surface area contributed by atoms with E-state index < -0.39 is 10.9 Å². The second-order valence-corrected chi connectivity index (χ2v) is 5.09. The Balaban J connectivity index is 2.25. The average Bonchev–Trinajstić information content (AvgIpc) is 2.41. The average molecular weight is 357 g/mol. The molecule has 2 aromatic carbocycles. The van der Waals surface area contributed by atoms with Crippen molar-refractivity contribution in [3.8, 4) is 5.75 Å². The Morgan fingerprint density at radius 3 is 2.70 bits per heavy atom. The van der Waals surface area contributed by atoms with Crippen molar-refractivity contribution in [1.82, 2.24) is 0 Å². The molecule has 2 aromatic rings. The molecule has 0 aromatic heterocycles. The molecule has 0 saturated heterocycles. The van der Waals surface area contributed by atoms with Crippen molar-refractivity contribution < 1.29 is 14.5 Å². The van der Waals surface area contributed by atoms with Gasteiger partial charge in [-0.15, -0.1) is 0 Å². The van der Waals surface area contributed by atoms with Crippen molar-refractivity contribution in [3.05, 3.63) is 67.6 Å². The summed E-state index contributed by atoms with van der Waals surface area (Å²) in [7, 11) is 0. The molecule has 0 aliphatic rings. The molecular weight excluding hydrogens is 350 g/mol. The highest BCUT2D eigenvalue weighted by Gasteiger charge is 2.15. The number of rotatable bonds is 3. The fraction of sp³-hybridized carbons (Fsp3) is 0. The van der Waals surface area contributed by atoms with E-state index in [2.05, 4.69) is 15.9 Å². The molecule has 20 heavy (non-hydrogen) atoms. The lowest BCUT2D eigenvalue weighted by atomic mass is 10.2. The van der Waals surface area contributed by atoms with E-state index in [1.165, 1.54) is 30.3 Å². The normalized spacial score (nSPS) is 10.1. The fourth-order valence-electron chi connectivity index (χ4n) is 1.48. The van der Waals surface area contributed by atoms with Crippen LogP contribution in [0.1, 0.15) is 10.4 Å². The highest BCUT2D eigenvalue weighted by Crippen LogP contribution is 2.24. The molecular formula is C13H7BrClNO4. The van der Waals surface area contributed by atoms with Crippen LogP contribution in [0.5, 0.6) is 5.75 Å². The second kappa shape index (κ2) is 6.02. The molecule has 0 amide bonds. The number of ether oxygens (including phenoxy) is 1. The van der Waals surface area contributed by atoms with Crippen molar-refractivity contribution in [2.45, 2.75) is 0 Å². The van der Waals surface area contributed by atoms with E-state index >= 15 is 0 Å². The topological polar surface area (TPSA) is 69.4 Å². The van der Waals surface area contributed by atoms with Gasteiger partial charge in [-0.05, 0) is 24.3 Å². The van der Waals surface area contributed by atoms with Gasteiger partial charge in [0.1, 0.15) is 5.75 Å². The van der Waals surface area contributed by atoms with Crippen LogP contribution < -0.4 is 4.74 Å². The van der Waals surface area contributed by atoms with Gasteiger partial charge < -0.3 is 4.74 Å². The first kappa shape index (κ1) is 14.5. The van der Waals surface area contributed by atoms with E-state index in [0.29, 0.717) is 4.47 Å². The Morgan fingerprint density at radius 1 is 1.25 bits per heavy atom. The number of nitrogens with zero attached hydrogens (tertiary/aromatic N) is 1. The first-order valence-electron chi connectivity index (χ1n) is 5.39. The highest BCUT2D eigenvalue weighted by molar-refractivity contribution is 9.10. The van der Waals surface area contributed by atoms with Crippen LogP contribution in [0.2, 0.25) is 5.02 Å². The summed E-state index contributed by atoms with van der Waals surface area (Å²) < 4.78 is 5.75. The minimum absolute atomic E-state index is 0.0836. The molecule has 0 aliphatic carbocycles. The number of non-ortho nitro benzene ring substituents is 1. The minimum atomic E-state index is -0.684. The molecule has 0 saturated carbocycles. The minimum Gasteiger partial charge on any atom is -0.423 e. The Morgan fingerprint density at radius 2 is 2.00 bits per heavy atom. The third kappa shape index (κ3) is 3.34. The van der Waals surface area contributed by atoms with Crippen LogP contribution in [0, 0.1) is 10.1 Å². The number of hydrogen-bond acceptors (Lipinski definition) is 4. The van der Waals surface area contributed by atoms with Gasteiger partial charge in [0.15, 0.2) is 0 Å². The number of nitro groups is 1. The van der Waals surface area contributed by atoms with Crippen LogP contribution in [0.15, 0.2) is 46.9 Å². The summed E-state index contributed by atoms with van der Waals surface area (Å²) in [5, 5.41) is 10.9. The van der Waals surface area contributed by atoms with E-state index in [9.17, 15) is 14.9 Å². The van der Waals surface area contributed by atoms with E-state index in [1.807, 2.05) is 0 Å². The number of carbonyl (C=O) groups excluding carboxylic acids is 1. The summed E-state index contributed by atoms with van der Waals surface area (Å²) in [6.07, 6.45) is 0. The lowest BCUT2D eigenvalue weighted by Crippen LogP contribution is -2.09. The van der Waals surface area contributed by atoms with Crippen molar-refractivity contribution >= 4 is 39.2 Å². The Bertz CT molecular complexity index is 690. The van der Waals surface area contributed by atoms with Gasteiger partial charge in [-0.2, -0.15) is 0 Å². The number of benzene rings is 2. The molecule has 102 valence electrons. The number of esters is 1. The smallest absolute Gasteiger partial charge is 0.345 e. The third-order valence-corrected chi connectivity index (χ3v) is 3.21. The Labute approximate surface area is 127 Å². The lowest BCUT2D eigenvalue weighted by molar-refractivity contribution is -0.384. The second-order valence-electron chi connectivity index (χ2n) is 3.77. The molecule has 0 unspecified atom stereocenters. The standard InChI is InChI=1S/C13H7BrClNO4/c14-8-4-5-12(15)11(6-8)13(17)20-10-3-1-2-9(7-10)16(18)19/h1-7H. The van der Waals surface area contributed by atoms with Crippen molar-refractivity contribution in [2.75, 3.05) is 0 Å². The molecule has 0 atom stereocenters. The molecule has 0 aliphatic heterocycles. The van der Waals surface area contributed by atoms with E-state index in [-0.39, 0.29) is 22.0 Å². The number of nitro benzene ring substituents is 1. The van der Waals surface area contributed by atoms with Gasteiger partial charge in [0.05, 0.1) is 21.6 Å². The van der Waals surface area contributed by atoms with Gasteiger partial charge in [-0.1, -0.05) is 33.6 Å². The van der Waals surface area contributed by atoms with Gasteiger partial charge in [-0.25, -0.2) is 4.79 Å². The Hall–Kier alpha value is -1.92. The maximum atomic E-state index is 12.0. The van der Waals surface area contributed by atoms with Gasteiger partial charge in [-0.3, -0.25) is 10.1 Å². The van der Waals surface area contributed by atoms with Gasteiger partial charge in [0.2, 0.25) is 0 Å². The molecule has 0 heterocycles. The van der Waals surface area contributed by atoms with Gasteiger partial charge in [0.25, 0.3) is 5.69 Å². The zero-order chi connectivity index (χ0) is 14.7. The van der Waals surface area contributed by atoms with E-state index in [4.69, 9.17) is 16.3 Å². The summed E-state index contributed by atoms with van der Waals surface area (Å²) >= 11 is 9.13. The zero-order valence-electron chi connectivity index (χ0n) is 9.88. The van der Waals surface area contributed by atoms with Gasteiger partial charge >= 0.3 is 5.97 Å². The molecule has 0 spiro atoms. The van der Waals surface area contributed by atoms with Crippen molar-refractivity contribution in [3.63, 3.8) is 0 Å². The lowest BCUT2D eigenvalue weighted by Gasteiger charge is -2.06. The quantitative estimate of drug-likeness (QED) is 0.357. The first-order valence-corrected chi connectivity index (χ1v) is 6.56. The summed E-state index contributed by atoms with van der Waals surface area (Å²) in [6, 6.07) is 10.1. The van der Waals surface area contributed by atoms with Crippen LogP contribution in [-0.2, 0) is 0 Å². The van der Waals surface area contributed by atoms with Crippen LogP contribution in [-0.4, -0.2) is 10.9 Å². The number of hydrogen-bond donors (Lipinski definition) is 0. The highest BCUT2D eigenvalue weighted by atomic mass is 79.9. The summed E-state index contributed by atoms with van der Waals surface area (Å²) in [4.78, 5) is 22.1. The fourth-order valence-corrected chi connectivity index (χ4v) is 2.03. The van der Waals surface area contributed by atoms with Crippen LogP contribution >= 0.6 is 27.5 Å². The first-order chi connectivity index (χ1) is 9.47. The molecule has 0 N–H and O–H groups in total. The molecule has 0 bridgehead atoms. The molecule has 0 fully saturated rings. The van der Waals surface area contributed by atoms with E-state index in [0.717, 1.165) is 0 Å². The Kier molecular flexibility index (Phi) is 4.36. The predicted octanol–water partition coefficient (Wildman–Crippen LogP) is 4.23. The summed E-state index contributed by atoms with van der Waals surface area (Å²) in [6.45, 7) is 0. The maximum Gasteiger partial charge on any atom is 0.345 e. The molecule has 5 nitrogen and oxygen atoms in total. The van der Waals surface area contributed by atoms with Crippen LogP contribution in [0.3, 0.4) is 0 Å². The van der Waals surface area contributed by atoms with E-state index in [1.54, 1.807) is 12.1 Å². The van der Waals surface area contributed by atoms with Crippen LogP contribution in [0.25, 0.3) is 0 Å². The maximum absolute atomic E-state index is 12.0. The SMILES string of the molecule is O=C(Oc1cccc([N+](=O)[O-])c1)c1cc(Br)ccc1Cl.